The number of ether oxygens (including phenoxy) is 1. The van der Waals surface area contributed by atoms with Crippen LogP contribution in [0.2, 0.25) is 0 Å². The summed E-state index contributed by atoms with van der Waals surface area (Å²) in [6.07, 6.45) is 0.286. The standard InChI is InChI=1S/C20H23N3O4S/c1-3-22(4-2)19(25)12-23-16-10-14(7-8-17(16)27-13-20(23)26)21-18(24)11-15-6-5-9-28-15/h5-10H,3-4,11-13H2,1-2H3,(H,21,24). The number of nitrogens with one attached hydrogen (secondary N) is 1. The van der Waals surface area contributed by atoms with Crippen LogP contribution in [0.5, 0.6) is 5.75 Å². The Morgan fingerprint density at radius 2 is 2.04 bits per heavy atom. The summed E-state index contributed by atoms with van der Waals surface area (Å²) >= 11 is 1.52. The van der Waals surface area contributed by atoms with Gasteiger partial charge in [-0.1, -0.05) is 6.07 Å². The predicted octanol–water partition coefficient (Wildman–Crippen LogP) is 2.52. The number of nitrogens with zero attached hydrogens (tertiary/aromatic N) is 2. The van der Waals surface area contributed by atoms with Gasteiger partial charge in [0.15, 0.2) is 6.61 Å². The number of hydrogen-bond donors (Lipinski definition) is 1. The summed E-state index contributed by atoms with van der Waals surface area (Å²) in [6, 6.07) is 8.92. The van der Waals surface area contributed by atoms with Crippen LogP contribution in [0.4, 0.5) is 11.4 Å². The normalized spacial score (nSPS) is 12.9. The van der Waals surface area contributed by atoms with Crippen LogP contribution in [-0.4, -0.2) is 48.9 Å². The van der Waals surface area contributed by atoms with Gasteiger partial charge in [-0.2, -0.15) is 0 Å². The van der Waals surface area contributed by atoms with Crippen LogP contribution in [0.25, 0.3) is 0 Å². The lowest BCUT2D eigenvalue weighted by molar-refractivity contribution is -0.131. The lowest BCUT2D eigenvalue weighted by atomic mass is 10.2. The molecule has 0 aliphatic carbocycles. The minimum atomic E-state index is -0.282. The molecule has 0 unspecified atom stereocenters. The van der Waals surface area contributed by atoms with Crippen molar-refractivity contribution in [3.63, 3.8) is 0 Å². The fourth-order valence-electron chi connectivity index (χ4n) is 3.04. The maximum atomic E-state index is 12.5. The van der Waals surface area contributed by atoms with E-state index in [9.17, 15) is 14.4 Å². The van der Waals surface area contributed by atoms with Crippen molar-refractivity contribution in [2.24, 2.45) is 0 Å². The van der Waals surface area contributed by atoms with Gasteiger partial charge in [-0.15, -0.1) is 11.3 Å². The highest BCUT2D eigenvalue weighted by molar-refractivity contribution is 7.10. The van der Waals surface area contributed by atoms with E-state index in [1.54, 1.807) is 23.1 Å². The highest BCUT2D eigenvalue weighted by Gasteiger charge is 2.29. The van der Waals surface area contributed by atoms with E-state index < -0.39 is 0 Å². The number of fused-ring (bicyclic) bond motifs is 1. The molecule has 0 saturated heterocycles. The molecule has 0 atom stereocenters. The second-order valence-corrected chi connectivity index (χ2v) is 7.35. The maximum Gasteiger partial charge on any atom is 0.265 e. The molecule has 28 heavy (non-hydrogen) atoms. The van der Waals surface area contributed by atoms with Crippen LogP contribution in [0.15, 0.2) is 35.7 Å². The van der Waals surface area contributed by atoms with Gasteiger partial charge in [-0.3, -0.25) is 19.3 Å². The smallest absolute Gasteiger partial charge is 0.265 e. The number of anilines is 2. The minimum absolute atomic E-state index is 0.0521. The first-order valence-corrected chi connectivity index (χ1v) is 10.1. The van der Waals surface area contributed by atoms with Gasteiger partial charge in [0.05, 0.1) is 12.1 Å². The molecule has 1 aromatic heterocycles. The largest absolute Gasteiger partial charge is 0.482 e. The van der Waals surface area contributed by atoms with Crippen LogP contribution >= 0.6 is 11.3 Å². The van der Waals surface area contributed by atoms with E-state index in [0.717, 1.165) is 4.88 Å². The molecular formula is C20H23N3O4S. The molecule has 2 aromatic rings. The third-order valence-electron chi connectivity index (χ3n) is 4.51. The second-order valence-electron chi connectivity index (χ2n) is 6.32. The highest BCUT2D eigenvalue weighted by Crippen LogP contribution is 2.34. The lowest BCUT2D eigenvalue weighted by Gasteiger charge is -2.31. The topological polar surface area (TPSA) is 79.0 Å². The third kappa shape index (κ3) is 4.51. The molecule has 3 amide bonds. The quantitative estimate of drug-likeness (QED) is 0.773. The molecular weight excluding hydrogens is 378 g/mol. The molecule has 0 bridgehead atoms. The van der Waals surface area contributed by atoms with Crippen LogP contribution in [0.1, 0.15) is 18.7 Å². The van der Waals surface area contributed by atoms with E-state index in [0.29, 0.717) is 30.2 Å². The van der Waals surface area contributed by atoms with Gasteiger partial charge in [-0.25, -0.2) is 0 Å². The molecule has 1 aliphatic rings. The third-order valence-corrected chi connectivity index (χ3v) is 5.39. The summed E-state index contributed by atoms with van der Waals surface area (Å²) in [5.74, 6) is -0.0344. The number of hydrogen-bond acceptors (Lipinski definition) is 5. The first-order valence-electron chi connectivity index (χ1n) is 9.19. The van der Waals surface area contributed by atoms with E-state index in [-0.39, 0.29) is 37.3 Å². The van der Waals surface area contributed by atoms with Crippen LogP contribution in [-0.2, 0) is 20.8 Å². The molecule has 0 radical (unpaired) electrons. The summed E-state index contributed by atoms with van der Waals surface area (Å²) < 4.78 is 5.48. The molecule has 148 valence electrons. The summed E-state index contributed by atoms with van der Waals surface area (Å²) in [5, 5.41) is 4.77. The lowest BCUT2D eigenvalue weighted by Crippen LogP contribution is -2.46. The van der Waals surface area contributed by atoms with Crippen molar-refractivity contribution < 1.29 is 19.1 Å². The number of likely N-dealkylation sites (N-methyl/N-ethyl adjacent to an activating group) is 1. The van der Waals surface area contributed by atoms with Crippen LogP contribution in [0, 0.1) is 0 Å². The van der Waals surface area contributed by atoms with E-state index in [1.807, 2.05) is 31.4 Å². The molecule has 0 saturated carbocycles. The Hall–Kier alpha value is -2.87. The van der Waals surface area contributed by atoms with Gasteiger partial charge >= 0.3 is 0 Å². The molecule has 1 N–H and O–H groups in total. The van der Waals surface area contributed by atoms with Crippen molar-refractivity contribution in [2.45, 2.75) is 20.3 Å². The van der Waals surface area contributed by atoms with Gasteiger partial charge < -0.3 is 15.0 Å². The van der Waals surface area contributed by atoms with Gasteiger partial charge in [0.1, 0.15) is 12.3 Å². The summed E-state index contributed by atoms with van der Waals surface area (Å²) in [7, 11) is 0. The highest BCUT2D eigenvalue weighted by atomic mass is 32.1. The average Bonchev–Trinajstić information content (AvgIpc) is 3.18. The first kappa shape index (κ1) is 19.9. The van der Waals surface area contributed by atoms with Crippen molar-refractivity contribution in [1.29, 1.82) is 0 Å². The summed E-state index contributed by atoms with van der Waals surface area (Å²) in [5.41, 5.74) is 1.05. The second kappa shape index (κ2) is 8.88. The Morgan fingerprint density at radius 3 is 2.71 bits per heavy atom. The zero-order valence-electron chi connectivity index (χ0n) is 15.9. The Balaban J connectivity index is 1.77. The zero-order valence-corrected chi connectivity index (χ0v) is 16.8. The Bertz CT molecular complexity index is 862. The zero-order chi connectivity index (χ0) is 20.1. The first-order chi connectivity index (χ1) is 13.5. The molecule has 0 spiro atoms. The van der Waals surface area contributed by atoms with Crippen molar-refractivity contribution in [1.82, 2.24) is 4.90 Å². The Morgan fingerprint density at radius 1 is 1.25 bits per heavy atom. The minimum Gasteiger partial charge on any atom is -0.482 e. The predicted molar refractivity (Wildman–Crippen MR) is 109 cm³/mol. The molecule has 8 heteroatoms. The Labute approximate surface area is 167 Å². The molecule has 3 rings (SSSR count). The summed E-state index contributed by atoms with van der Waals surface area (Å²) in [6.45, 7) is 4.81. The number of thiophene rings is 1. The van der Waals surface area contributed by atoms with Crippen LogP contribution < -0.4 is 15.0 Å². The van der Waals surface area contributed by atoms with Crippen molar-refractivity contribution in [3.8, 4) is 5.75 Å². The summed E-state index contributed by atoms with van der Waals surface area (Å²) in [4.78, 5) is 41.2. The van der Waals surface area contributed by atoms with Gasteiger partial charge in [0.2, 0.25) is 11.8 Å². The van der Waals surface area contributed by atoms with E-state index in [1.165, 1.54) is 16.2 Å². The number of carbonyl (C=O) groups is 3. The van der Waals surface area contributed by atoms with Gasteiger partial charge in [0.25, 0.3) is 5.91 Å². The number of carbonyl (C=O) groups excluding carboxylic acids is 3. The monoisotopic (exact) mass is 401 g/mol. The SMILES string of the molecule is CCN(CC)C(=O)CN1C(=O)COc2ccc(NC(=O)Cc3cccs3)cc21. The van der Waals surface area contributed by atoms with Gasteiger partial charge in [-0.05, 0) is 43.5 Å². The van der Waals surface area contributed by atoms with Crippen molar-refractivity contribution in [2.75, 3.05) is 36.5 Å². The Kier molecular flexibility index (Phi) is 6.30. The van der Waals surface area contributed by atoms with E-state index in [4.69, 9.17) is 4.74 Å². The number of benzene rings is 1. The molecule has 0 fully saturated rings. The average molecular weight is 401 g/mol. The molecule has 1 aliphatic heterocycles. The number of rotatable bonds is 7. The van der Waals surface area contributed by atoms with Crippen molar-refractivity contribution >= 4 is 40.4 Å². The van der Waals surface area contributed by atoms with Crippen molar-refractivity contribution in [3.05, 3.63) is 40.6 Å². The molecule has 7 nitrogen and oxygen atoms in total. The molecule has 2 heterocycles. The van der Waals surface area contributed by atoms with E-state index >= 15 is 0 Å². The van der Waals surface area contributed by atoms with Gasteiger partial charge in [0, 0.05) is 23.7 Å². The maximum absolute atomic E-state index is 12.5. The molecule has 1 aromatic carbocycles. The van der Waals surface area contributed by atoms with Crippen LogP contribution in [0.3, 0.4) is 0 Å². The fourth-order valence-corrected chi connectivity index (χ4v) is 3.74. The van der Waals surface area contributed by atoms with E-state index in [2.05, 4.69) is 5.32 Å². The fraction of sp³-hybridized carbons (Fsp3) is 0.350. The number of amides is 3.